The largest absolute Gasteiger partial charge is 0.490 e. The average Bonchev–Trinajstić information content (AvgIpc) is 3.32. The third-order valence-corrected chi connectivity index (χ3v) is 7.99. The normalized spacial score (nSPS) is 13.9. The molecule has 0 unspecified atom stereocenters. The van der Waals surface area contributed by atoms with E-state index in [2.05, 4.69) is 60.8 Å². The van der Waals surface area contributed by atoms with Crippen molar-refractivity contribution in [3.05, 3.63) is 108 Å². The Kier molecular flexibility index (Phi) is 7.29. The standard InChI is InChI=1S/C33H31NO3S/c1-23-7-9-25(10-8-23)33-32(37-27-13-11-26(12-14-27)36-28-17-19-34-20-18-28)30-16-15-29(21-31(30)38-33)35-22-24-5-3-2-4-6-24/h2-16,21,28,34H,17-20,22H2,1H3. The number of ether oxygens (including phenoxy) is 3. The highest BCUT2D eigenvalue weighted by Crippen LogP contribution is 2.47. The van der Waals surface area contributed by atoms with Crippen molar-refractivity contribution in [1.29, 1.82) is 0 Å². The Morgan fingerprint density at radius 1 is 0.789 bits per heavy atom. The number of fused-ring (bicyclic) bond motifs is 1. The van der Waals surface area contributed by atoms with Gasteiger partial charge in [0.1, 0.15) is 30.0 Å². The highest BCUT2D eigenvalue weighted by atomic mass is 32.1. The van der Waals surface area contributed by atoms with E-state index >= 15 is 0 Å². The van der Waals surface area contributed by atoms with Gasteiger partial charge >= 0.3 is 0 Å². The van der Waals surface area contributed by atoms with E-state index in [-0.39, 0.29) is 6.10 Å². The summed E-state index contributed by atoms with van der Waals surface area (Å²) >= 11 is 1.73. The molecule has 1 aliphatic heterocycles. The molecule has 38 heavy (non-hydrogen) atoms. The van der Waals surface area contributed by atoms with Crippen LogP contribution in [-0.2, 0) is 6.61 Å². The second-order valence-electron chi connectivity index (χ2n) is 9.70. The van der Waals surface area contributed by atoms with Crippen LogP contribution < -0.4 is 19.5 Å². The summed E-state index contributed by atoms with van der Waals surface area (Å²) in [6.45, 7) is 4.67. The topological polar surface area (TPSA) is 39.7 Å². The lowest BCUT2D eigenvalue weighted by atomic mass is 10.1. The Balaban J connectivity index is 1.27. The maximum atomic E-state index is 6.57. The highest BCUT2D eigenvalue weighted by Gasteiger charge is 2.18. The van der Waals surface area contributed by atoms with Gasteiger partial charge in [0, 0.05) is 10.1 Å². The van der Waals surface area contributed by atoms with Crippen molar-refractivity contribution >= 4 is 21.4 Å². The first-order valence-electron chi connectivity index (χ1n) is 13.2. The van der Waals surface area contributed by atoms with Crippen LogP contribution >= 0.6 is 11.3 Å². The molecule has 1 fully saturated rings. The molecule has 2 heterocycles. The van der Waals surface area contributed by atoms with Gasteiger partial charge in [-0.05, 0) is 86.4 Å². The number of nitrogens with one attached hydrogen (secondary N) is 1. The maximum absolute atomic E-state index is 6.57. The minimum atomic E-state index is 0.273. The molecule has 0 amide bonds. The van der Waals surface area contributed by atoms with Crippen LogP contribution in [0.15, 0.2) is 97.1 Å². The Morgan fingerprint density at radius 2 is 1.50 bits per heavy atom. The molecule has 192 valence electrons. The molecule has 0 aliphatic carbocycles. The summed E-state index contributed by atoms with van der Waals surface area (Å²) in [6, 6.07) is 33.1. The summed E-state index contributed by atoms with van der Waals surface area (Å²) in [5.41, 5.74) is 3.53. The fourth-order valence-electron chi connectivity index (χ4n) is 4.69. The third kappa shape index (κ3) is 5.69. The molecular weight excluding hydrogens is 490 g/mol. The van der Waals surface area contributed by atoms with Gasteiger partial charge < -0.3 is 19.5 Å². The molecule has 1 saturated heterocycles. The van der Waals surface area contributed by atoms with Crippen LogP contribution in [-0.4, -0.2) is 19.2 Å². The first kappa shape index (κ1) is 24.5. The second kappa shape index (κ2) is 11.3. The summed E-state index contributed by atoms with van der Waals surface area (Å²) in [5, 5.41) is 4.46. The van der Waals surface area contributed by atoms with Gasteiger partial charge in [0.15, 0.2) is 5.75 Å². The quantitative estimate of drug-likeness (QED) is 0.223. The number of rotatable bonds is 8. The van der Waals surface area contributed by atoms with E-state index in [9.17, 15) is 0 Å². The van der Waals surface area contributed by atoms with Crippen LogP contribution in [0.2, 0.25) is 0 Å². The molecule has 0 bridgehead atoms. The van der Waals surface area contributed by atoms with Gasteiger partial charge in [-0.15, -0.1) is 11.3 Å². The summed E-state index contributed by atoms with van der Waals surface area (Å²) in [6.07, 6.45) is 2.35. The van der Waals surface area contributed by atoms with Crippen molar-refractivity contribution in [2.75, 3.05) is 13.1 Å². The average molecular weight is 522 g/mol. The van der Waals surface area contributed by atoms with Crippen LogP contribution in [0.4, 0.5) is 0 Å². The highest BCUT2D eigenvalue weighted by molar-refractivity contribution is 7.22. The number of hydrogen-bond donors (Lipinski definition) is 1. The van der Waals surface area contributed by atoms with Crippen molar-refractivity contribution in [3.63, 3.8) is 0 Å². The SMILES string of the molecule is Cc1ccc(-c2sc3cc(OCc4ccccc4)ccc3c2Oc2ccc(OC3CCNCC3)cc2)cc1. The van der Waals surface area contributed by atoms with Crippen molar-refractivity contribution < 1.29 is 14.2 Å². The lowest BCUT2D eigenvalue weighted by Gasteiger charge is -2.23. The Morgan fingerprint density at radius 3 is 2.26 bits per heavy atom. The Labute approximate surface area is 227 Å². The predicted octanol–water partition coefficient (Wildman–Crippen LogP) is 8.38. The van der Waals surface area contributed by atoms with Crippen LogP contribution in [0.5, 0.6) is 23.0 Å². The Bertz CT molecular complexity index is 1490. The molecular formula is C33H31NO3S. The molecule has 4 aromatic carbocycles. The van der Waals surface area contributed by atoms with Gasteiger partial charge in [-0.25, -0.2) is 0 Å². The number of hydrogen-bond acceptors (Lipinski definition) is 5. The molecule has 0 saturated carbocycles. The van der Waals surface area contributed by atoms with Gasteiger partial charge in [0.05, 0.1) is 4.88 Å². The van der Waals surface area contributed by atoms with Crippen molar-refractivity contribution in [1.82, 2.24) is 5.32 Å². The van der Waals surface area contributed by atoms with Crippen molar-refractivity contribution in [2.45, 2.75) is 32.5 Å². The third-order valence-electron chi connectivity index (χ3n) is 6.81. The van der Waals surface area contributed by atoms with E-state index in [0.29, 0.717) is 6.61 Å². The molecule has 0 radical (unpaired) electrons. The first-order valence-corrected chi connectivity index (χ1v) is 14.0. The van der Waals surface area contributed by atoms with Crippen molar-refractivity contribution in [3.8, 4) is 33.4 Å². The van der Waals surface area contributed by atoms with Gasteiger partial charge in [-0.2, -0.15) is 0 Å². The minimum Gasteiger partial charge on any atom is -0.490 e. The smallest absolute Gasteiger partial charge is 0.153 e. The summed E-state index contributed by atoms with van der Waals surface area (Å²) in [7, 11) is 0. The Hall–Kier alpha value is -3.80. The zero-order chi connectivity index (χ0) is 25.7. The van der Waals surface area contributed by atoms with E-state index in [0.717, 1.165) is 75.0 Å². The number of benzene rings is 4. The van der Waals surface area contributed by atoms with E-state index in [1.165, 1.54) is 5.56 Å². The van der Waals surface area contributed by atoms with Gasteiger partial charge in [-0.1, -0.05) is 60.2 Å². The van der Waals surface area contributed by atoms with Crippen molar-refractivity contribution in [2.24, 2.45) is 0 Å². The lowest BCUT2D eigenvalue weighted by molar-refractivity contribution is 0.162. The fourth-order valence-corrected chi connectivity index (χ4v) is 5.85. The molecule has 4 nitrogen and oxygen atoms in total. The van der Waals surface area contributed by atoms with Crippen LogP contribution in [0.1, 0.15) is 24.0 Å². The fraction of sp³-hybridized carbons (Fsp3) is 0.212. The van der Waals surface area contributed by atoms with Gasteiger partial charge in [0.2, 0.25) is 0 Å². The maximum Gasteiger partial charge on any atom is 0.153 e. The summed E-state index contributed by atoms with van der Waals surface area (Å²) < 4.78 is 20.0. The van der Waals surface area contributed by atoms with E-state index < -0.39 is 0 Å². The van der Waals surface area contributed by atoms with Gasteiger partial charge in [0.25, 0.3) is 0 Å². The zero-order valence-corrected chi connectivity index (χ0v) is 22.3. The molecule has 1 aliphatic rings. The van der Waals surface area contributed by atoms with E-state index in [4.69, 9.17) is 14.2 Å². The molecule has 5 aromatic rings. The predicted molar refractivity (Wildman–Crippen MR) is 156 cm³/mol. The monoisotopic (exact) mass is 521 g/mol. The molecule has 6 rings (SSSR count). The summed E-state index contributed by atoms with van der Waals surface area (Å²) in [4.78, 5) is 1.11. The first-order chi connectivity index (χ1) is 18.7. The second-order valence-corrected chi connectivity index (χ2v) is 10.8. The van der Waals surface area contributed by atoms with Crippen LogP contribution in [0, 0.1) is 6.92 Å². The van der Waals surface area contributed by atoms with Gasteiger partial charge in [-0.3, -0.25) is 0 Å². The number of thiophene rings is 1. The van der Waals surface area contributed by atoms with E-state index in [1.807, 2.05) is 48.5 Å². The summed E-state index contributed by atoms with van der Waals surface area (Å²) in [5.74, 6) is 3.40. The molecule has 1 aromatic heterocycles. The van der Waals surface area contributed by atoms with E-state index in [1.54, 1.807) is 11.3 Å². The van der Waals surface area contributed by atoms with Crippen LogP contribution in [0.25, 0.3) is 20.5 Å². The number of piperidine rings is 1. The van der Waals surface area contributed by atoms with Crippen LogP contribution in [0.3, 0.4) is 0 Å². The zero-order valence-electron chi connectivity index (χ0n) is 21.5. The molecule has 0 spiro atoms. The molecule has 1 N–H and O–H groups in total. The molecule has 5 heteroatoms. The minimum absolute atomic E-state index is 0.273. The number of aryl methyl sites for hydroxylation is 1. The molecule has 0 atom stereocenters. The lowest BCUT2D eigenvalue weighted by Crippen LogP contribution is -2.34.